The minimum atomic E-state index is -0.766. The molecule has 1 aromatic carbocycles. The number of carbonyl (C=O) groups excluding carboxylic acids is 1. The SMILES string of the molecule is O=C(O)CCCCCCCNC(=O)c1ccc(Cl)c(F)c1. The maximum atomic E-state index is 13.2. The fourth-order valence-electron chi connectivity index (χ4n) is 1.87. The zero-order chi connectivity index (χ0) is 15.7. The molecule has 21 heavy (non-hydrogen) atoms. The molecule has 116 valence electrons. The first-order valence-electron chi connectivity index (χ1n) is 6.95. The zero-order valence-corrected chi connectivity index (χ0v) is 12.5. The fraction of sp³-hybridized carbons (Fsp3) is 0.467. The Labute approximate surface area is 128 Å². The van der Waals surface area contributed by atoms with Gasteiger partial charge in [0, 0.05) is 18.5 Å². The van der Waals surface area contributed by atoms with Crippen LogP contribution >= 0.6 is 11.6 Å². The Bertz CT molecular complexity index is 494. The van der Waals surface area contributed by atoms with E-state index in [0.29, 0.717) is 13.0 Å². The van der Waals surface area contributed by atoms with Gasteiger partial charge < -0.3 is 10.4 Å². The molecule has 0 spiro atoms. The smallest absolute Gasteiger partial charge is 0.303 e. The Kier molecular flexibility index (Phi) is 7.75. The molecule has 0 heterocycles. The zero-order valence-electron chi connectivity index (χ0n) is 11.7. The van der Waals surface area contributed by atoms with Crippen molar-refractivity contribution in [1.82, 2.24) is 5.32 Å². The normalized spacial score (nSPS) is 10.4. The van der Waals surface area contributed by atoms with Gasteiger partial charge in [-0.05, 0) is 31.0 Å². The van der Waals surface area contributed by atoms with E-state index in [2.05, 4.69) is 5.32 Å². The van der Waals surface area contributed by atoms with Crippen LogP contribution in [0.4, 0.5) is 4.39 Å². The van der Waals surface area contributed by atoms with Crippen LogP contribution in [0.25, 0.3) is 0 Å². The predicted molar refractivity (Wildman–Crippen MR) is 79.1 cm³/mol. The molecule has 1 aromatic rings. The number of rotatable bonds is 9. The number of carbonyl (C=O) groups is 2. The van der Waals surface area contributed by atoms with E-state index in [1.165, 1.54) is 12.1 Å². The van der Waals surface area contributed by atoms with Crippen LogP contribution in [-0.4, -0.2) is 23.5 Å². The molecule has 0 unspecified atom stereocenters. The molecule has 1 amide bonds. The van der Waals surface area contributed by atoms with E-state index >= 15 is 0 Å². The van der Waals surface area contributed by atoms with Crippen LogP contribution in [0.3, 0.4) is 0 Å². The van der Waals surface area contributed by atoms with Crippen LogP contribution in [0.5, 0.6) is 0 Å². The summed E-state index contributed by atoms with van der Waals surface area (Å²) in [7, 11) is 0. The summed E-state index contributed by atoms with van der Waals surface area (Å²) in [5.74, 6) is -1.70. The number of carboxylic acid groups (broad SMARTS) is 1. The van der Waals surface area contributed by atoms with Gasteiger partial charge in [-0.1, -0.05) is 30.9 Å². The lowest BCUT2D eigenvalue weighted by atomic mass is 10.1. The maximum absolute atomic E-state index is 13.2. The largest absolute Gasteiger partial charge is 0.481 e. The van der Waals surface area contributed by atoms with Crippen molar-refractivity contribution >= 4 is 23.5 Å². The third kappa shape index (κ3) is 7.09. The molecule has 0 saturated carbocycles. The van der Waals surface area contributed by atoms with Gasteiger partial charge in [-0.3, -0.25) is 9.59 Å². The van der Waals surface area contributed by atoms with E-state index < -0.39 is 11.8 Å². The fourth-order valence-corrected chi connectivity index (χ4v) is 1.99. The number of halogens is 2. The Balaban J connectivity index is 2.13. The van der Waals surface area contributed by atoms with Crippen molar-refractivity contribution in [3.05, 3.63) is 34.6 Å². The lowest BCUT2D eigenvalue weighted by Crippen LogP contribution is -2.24. The average molecular weight is 316 g/mol. The summed E-state index contributed by atoms with van der Waals surface area (Å²) >= 11 is 5.55. The molecule has 0 aromatic heterocycles. The summed E-state index contributed by atoms with van der Waals surface area (Å²) in [4.78, 5) is 22.0. The van der Waals surface area contributed by atoms with Crippen molar-refractivity contribution in [2.45, 2.75) is 38.5 Å². The van der Waals surface area contributed by atoms with E-state index in [9.17, 15) is 14.0 Å². The summed E-state index contributed by atoms with van der Waals surface area (Å²) in [5.41, 5.74) is 0.248. The molecule has 0 radical (unpaired) electrons. The summed E-state index contributed by atoms with van der Waals surface area (Å²) in [6.45, 7) is 0.516. The third-order valence-electron chi connectivity index (χ3n) is 3.03. The van der Waals surface area contributed by atoms with Crippen molar-refractivity contribution in [1.29, 1.82) is 0 Å². The molecule has 0 saturated heterocycles. The molecule has 2 N–H and O–H groups in total. The summed E-state index contributed by atoms with van der Waals surface area (Å²) < 4.78 is 13.2. The van der Waals surface area contributed by atoms with Crippen LogP contribution in [0.2, 0.25) is 5.02 Å². The van der Waals surface area contributed by atoms with E-state index in [-0.39, 0.29) is 22.9 Å². The monoisotopic (exact) mass is 315 g/mol. The number of nitrogens with one attached hydrogen (secondary N) is 1. The van der Waals surface area contributed by atoms with Crippen molar-refractivity contribution < 1.29 is 19.1 Å². The van der Waals surface area contributed by atoms with Gasteiger partial charge in [-0.15, -0.1) is 0 Å². The van der Waals surface area contributed by atoms with E-state index in [1.54, 1.807) is 0 Å². The minimum absolute atomic E-state index is 0.00656. The Morgan fingerprint density at radius 3 is 2.48 bits per heavy atom. The first kappa shape index (κ1) is 17.4. The second-order valence-electron chi connectivity index (χ2n) is 4.80. The van der Waals surface area contributed by atoms with E-state index in [0.717, 1.165) is 31.7 Å². The van der Waals surface area contributed by atoms with Gasteiger partial charge in [0.2, 0.25) is 0 Å². The second kappa shape index (κ2) is 9.34. The molecule has 6 heteroatoms. The minimum Gasteiger partial charge on any atom is -0.481 e. The molecule has 0 atom stereocenters. The Hall–Kier alpha value is -1.62. The van der Waals surface area contributed by atoms with Gasteiger partial charge in [0.05, 0.1) is 5.02 Å². The number of carboxylic acids is 1. The van der Waals surface area contributed by atoms with E-state index in [1.807, 2.05) is 0 Å². The molecular formula is C15H19ClFNO3. The van der Waals surface area contributed by atoms with Gasteiger partial charge in [-0.25, -0.2) is 4.39 Å². The van der Waals surface area contributed by atoms with Crippen molar-refractivity contribution in [2.24, 2.45) is 0 Å². The number of unbranched alkanes of at least 4 members (excludes halogenated alkanes) is 4. The molecular weight excluding hydrogens is 297 g/mol. The van der Waals surface area contributed by atoms with Gasteiger partial charge >= 0.3 is 5.97 Å². The van der Waals surface area contributed by atoms with Crippen molar-refractivity contribution in [3.63, 3.8) is 0 Å². The highest BCUT2D eigenvalue weighted by molar-refractivity contribution is 6.30. The van der Waals surface area contributed by atoms with Gasteiger partial charge in [0.1, 0.15) is 5.82 Å². The number of aliphatic carboxylic acids is 1. The van der Waals surface area contributed by atoms with Crippen LogP contribution in [0.1, 0.15) is 48.9 Å². The van der Waals surface area contributed by atoms with Crippen LogP contribution < -0.4 is 5.32 Å². The van der Waals surface area contributed by atoms with E-state index in [4.69, 9.17) is 16.7 Å². The lowest BCUT2D eigenvalue weighted by Gasteiger charge is -2.06. The van der Waals surface area contributed by atoms with Crippen LogP contribution in [-0.2, 0) is 4.79 Å². The molecule has 0 aliphatic carbocycles. The first-order valence-corrected chi connectivity index (χ1v) is 7.33. The third-order valence-corrected chi connectivity index (χ3v) is 3.34. The number of hydrogen-bond acceptors (Lipinski definition) is 2. The van der Waals surface area contributed by atoms with Crippen molar-refractivity contribution in [3.8, 4) is 0 Å². The number of hydrogen-bond donors (Lipinski definition) is 2. The highest BCUT2D eigenvalue weighted by Gasteiger charge is 2.08. The molecule has 4 nitrogen and oxygen atoms in total. The molecule has 1 rings (SSSR count). The standard InChI is InChI=1S/C15H19ClFNO3/c16-12-8-7-11(10-13(12)17)15(21)18-9-5-3-1-2-4-6-14(19)20/h7-8,10H,1-6,9H2,(H,18,21)(H,19,20). The van der Waals surface area contributed by atoms with Crippen molar-refractivity contribution in [2.75, 3.05) is 6.54 Å². The highest BCUT2D eigenvalue weighted by Crippen LogP contribution is 2.15. The number of benzene rings is 1. The predicted octanol–water partition coefficient (Wildman–Crippen LogP) is 3.63. The quantitative estimate of drug-likeness (QED) is 0.684. The van der Waals surface area contributed by atoms with Crippen LogP contribution in [0.15, 0.2) is 18.2 Å². The maximum Gasteiger partial charge on any atom is 0.303 e. The molecule has 0 aliphatic rings. The van der Waals surface area contributed by atoms with Gasteiger partial charge in [0.25, 0.3) is 5.91 Å². The average Bonchev–Trinajstić information content (AvgIpc) is 2.44. The highest BCUT2D eigenvalue weighted by atomic mass is 35.5. The van der Waals surface area contributed by atoms with Gasteiger partial charge in [-0.2, -0.15) is 0 Å². The summed E-state index contributed by atoms with van der Waals surface area (Å²) in [6.07, 6.45) is 4.45. The summed E-state index contributed by atoms with van der Waals surface area (Å²) in [5, 5.41) is 11.2. The molecule has 0 aliphatic heterocycles. The molecule has 0 bridgehead atoms. The van der Waals surface area contributed by atoms with Crippen LogP contribution in [0, 0.1) is 5.82 Å². The Morgan fingerprint density at radius 2 is 1.81 bits per heavy atom. The lowest BCUT2D eigenvalue weighted by molar-refractivity contribution is -0.137. The second-order valence-corrected chi connectivity index (χ2v) is 5.20. The molecule has 0 fully saturated rings. The van der Waals surface area contributed by atoms with Gasteiger partial charge in [0.15, 0.2) is 0 Å². The Morgan fingerprint density at radius 1 is 1.14 bits per heavy atom. The topological polar surface area (TPSA) is 66.4 Å². The number of amides is 1. The first-order chi connectivity index (χ1) is 10.0. The summed E-state index contributed by atoms with van der Waals surface area (Å²) in [6, 6.07) is 3.95.